The van der Waals surface area contributed by atoms with Crippen LogP contribution in [0.5, 0.6) is 0 Å². The van der Waals surface area contributed by atoms with Gasteiger partial charge in [0.1, 0.15) is 5.69 Å². The summed E-state index contributed by atoms with van der Waals surface area (Å²) in [5, 5.41) is 14.7. The van der Waals surface area contributed by atoms with Gasteiger partial charge in [-0.05, 0) is 44.9 Å². The smallest absolute Gasteiger partial charge is 0.293 e. The van der Waals surface area contributed by atoms with Gasteiger partial charge >= 0.3 is 0 Å². The number of nitro benzene ring substituents is 1. The second kappa shape index (κ2) is 8.49. The van der Waals surface area contributed by atoms with Crippen molar-refractivity contribution in [3.8, 4) is 0 Å². The Labute approximate surface area is 153 Å². The first kappa shape index (κ1) is 19.5. The van der Waals surface area contributed by atoms with Crippen LogP contribution in [-0.2, 0) is 0 Å². The number of hydrogen-bond acceptors (Lipinski definition) is 5. The lowest BCUT2D eigenvalue weighted by atomic mass is 10.0. The SMILES string of the molecule is CNC1CCCN(C(=O)c2ccc(N3CCCC3)c([N+](=O)[O-])c2)C1.Cl. The van der Waals surface area contributed by atoms with E-state index in [4.69, 9.17) is 0 Å². The summed E-state index contributed by atoms with van der Waals surface area (Å²) in [5.74, 6) is -0.119. The number of hydrogen-bond donors (Lipinski definition) is 1. The number of nitro groups is 1. The fourth-order valence-electron chi connectivity index (χ4n) is 3.61. The van der Waals surface area contributed by atoms with Crippen LogP contribution >= 0.6 is 12.4 Å². The molecular weight excluding hydrogens is 344 g/mol. The third kappa shape index (κ3) is 4.22. The molecule has 0 aliphatic carbocycles. The lowest BCUT2D eigenvalue weighted by molar-refractivity contribution is -0.384. The first-order valence-electron chi connectivity index (χ1n) is 8.60. The quantitative estimate of drug-likeness (QED) is 0.652. The molecule has 2 aliphatic rings. The normalized spacial score (nSPS) is 20.3. The van der Waals surface area contributed by atoms with Gasteiger partial charge in [0.15, 0.2) is 0 Å². The van der Waals surface area contributed by atoms with Gasteiger partial charge in [0.2, 0.25) is 0 Å². The lowest BCUT2D eigenvalue weighted by Gasteiger charge is -2.32. The molecule has 8 heteroatoms. The largest absolute Gasteiger partial charge is 0.366 e. The van der Waals surface area contributed by atoms with Crippen LogP contribution in [0.4, 0.5) is 11.4 Å². The van der Waals surface area contributed by atoms with Crippen molar-refractivity contribution in [2.24, 2.45) is 0 Å². The molecule has 2 heterocycles. The molecule has 138 valence electrons. The van der Waals surface area contributed by atoms with Crippen LogP contribution in [0, 0.1) is 10.1 Å². The van der Waals surface area contributed by atoms with Crippen LogP contribution < -0.4 is 10.2 Å². The molecule has 0 bridgehead atoms. The third-order valence-corrected chi connectivity index (χ3v) is 4.98. The zero-order chi connectivity index (χ0) is 17.1. The van der Waals surface area contributed by atoms with E-state index in [2.05, 4.69) is 5.32 Å². The number of carbonyl (C=O) groups is 1. The van der Waals surface area contributed by atoms with Gasteiger partial charge in [-0.15, -0.1) is 12.4 Å². The minimum Gasteiger partial charge on any atom is -0.366 e. The summed E-state index contributed by atoms with van der Waals surface area (Å²) in [6, 6.07) is 5.20. The van der Waals surface area contributed by atoms with Gasteiger partial charge < -0.3 is 15.1 Å². The van der Waals surface area contributed by atoms with Crippen LogP contribution in [0.1, 0.15) is 36.0 Å². The number of carbonyl (C=O) groups excluding carboxylic acids is 1. The topological polar surface area (TPSA) is 78.7 Å². The number of amides is 1. The zero-order valence-corrected chi connectivity index (χ0v) is 15.3. The molecule has 2 fully saturated rings. The molecule has 0 radical (unpaired) electrons. The van der Waals surface area contributed by atoms with Crippen LogP contribution in [0.3, 0.4) is 0 Å². The van der Waals surface area contributed by atoms with E-state index in [0.29, 0.717) is 30.4 Å². The maximum absolute atomic E-state index is 12.7. The van der Waals surface area contributed by atoms with Crippen LogP contribution in [-0.4, -0.2) is 55.0 Å². The zero-order valence-electron chi connectivity index (χ0n) is 14.4. The summed E-state index contributed by atoms with van der Waals surface area (Å²) in [5.41, 5.74) is 1.06. The Bertz CT molecular complexity index is 634. The van der Waals surface area contributed by atoms with E-state index in [1.54, 1.807) is 17.0 Å². The number of benzene rings is 1. The number of anilines is 1. The number of piperidine rings is 1. The van der Waals surface area contributed by atoms with Crippen molar-refractivity contribution in [2.75, 3.05) is 38.1 Å². The number of likely N-dealkylation sites (N-methyl/N-ethyl adjacent to an activating group) is 1. The van der Waals surface area contributed by atoms with Crippen molar-refractivity contribution >= 4 is 29.7 Å². The van der Waals surface area contributed by atoms with Crippen molar-refractivity contribution in [3.63, 3.8) is 0 Å². The van der Waals surface area contributed by atoms with E-state index >= 15 is 0 Å². The maximum Gasteiger partial charge on any atom is 0.293 e. The van der Waals surface area contributed by atoms with Crippen LogP contribution in [0.25, 0.3) is 0 Å². The average Bonchev–Trinajstić information content (AvgIpc) is 3.15. The van der Waals surface area contributed by atoms with Crippen LogP contribution in [0.15, 0.2) is 18.2 Å². The van der Waals surface area contributed by atoms with E-state index < -0.39 is 0 Å². The molecule has 1 atom stereocenters. The predicted octanol–water partition coefficient (Wildman–Crippen LogP) is 2.44. The van der Waals surface area contributed by atoms with Crippen LogP contribution in [0.2, 0.25) is 0 Å². The lowest BCUT2D eigenvalue weighted by Crippen LogP contribution is -2.46. The minimum absolute atomic E-state index is 0. The molecule has 1 amide bonds. The number of nitrogens with zero attached hydrogens (tertiary/aromatic N) is 3. The molecule has 1 N–H and O–H groups in total. The standard InChI is InChI=1S/C17H24N4O3.ClH/c1-18-14-5-4-10-20(12-14)17(22)13-6-7-15(16(11-13)21(23)24)19-8-2-3-9-19;/h6-7,11,14,18H,2-5,8-10,12H2,1H3;1H. The highest BCUT2D eigenvalue weighted by molar-refractivity contribution is 5.96. The maximum atomic E-state index is 12.7. The molecule has 0 aromatic heterocycles. The van der Waals surface area contributed by atoms with Gasteiger partial charge in [0, 0.05) is 43.9 Å². The van der Waals surface area contributed by atoms with Crippen molar-refractivity contribution < 1.29 is 9.72 Å². The Morgan fingerprint density at radius 3 is 2.60 bits per heavy atom. The summed E-state index contributed by atoms with van der Waals surface area (Å²) in [6.45, 7) is 3.03. The van der Waals surface area contributed by atoms with Crippen molar-refractivity contribution in [1.29, 1.82) is 0 Å². The van der Waals surface area contributed by atoms with E-state index in [-0.39, 0.29) is 28.9 Å². The van der Waals surface area contributed by atoms with Gasteiger partial charge in [-0.1, -0.05) is 0 Å². The summed E-state index contributed by atoms with van der Waals surface area (Å²) >= 11 is 0. The molecule has 1 aromatic rings. The number of likely N-dealkylation sites (tertiary alicyclic amines) is 1. The highest BCUT2D eigenvalue weighted by atomic mass is 35.5. The van der Waals surface area contributed by atoms with Gasteiger partial charge in [-0.3, -0.25) is 14.9 Å². The Hall–Kier alpha value is -1.86. The molecule has 1 unspecified atom stereocenters. The average molecular weight is 369 g/mol. The highest BCUT2D eigenvalue weighted by Gasteiger charge is 2.27. The number of nitrogens with one attached hydrogen (secondary N) is 1. The van der Waals surface area contributed by atoms with Crippen molar-refractivity contribution in [1.82, 2.24) is 10.2 Å². The fourth-order valence-corrected chi connectivity index (χ4v) is 3.61. The predicted molar refractivity (Wildman–Crippen MR) is 99.8 cm³/mol. The first-order valence-corrected chi connectivity index (χ1v) is 8.60. The summed E-state index contributed by atoms with van der Waals surface area (Å²) in [4.78, 5) is 27.6. The Morgan fingerprint density at radius 2 is 1.96 bits per heavy atom. The molecule has 0 saturated carbocycles. The molecule has 1 aromatic carbocycles. The van der Waals surface area contributed by atoms with Crippen molar-refractivity contribution in [2.45, 2.75) is 31.7 Å². The molecule has 3 rings (SSSR count). The second-order valence-corrected chi connectivity index (χ2v) is 6.53. The van der Waals surface area contributed by atoms with Crippen molar-refractivity contribution in [3.05, 3.63) is 33.9 Å². The second-order valence-electron chi connectivity index (χ2n) is 6.53. The fraction of sp³-hybridized carbons (Fsp3) is 0.588. The minimum atomic E-state index is -0.378. The molecule has 0 spiro atoms. The molecule has 7 nitrogen and oxygen atoms in total. The van der Waals surface area contributed by atoms with E-state index in [1.807, 2.05) is 11.9 Å². The number of halogens is 1. The van der Waals surface area contributed by atoms with Gasteiger partial charge in [0.25, 0.3) is 11.6 Å². The monoisotopic (exact) mass is 368 g/mol. The molecule has 25 heavy (non-hydrogen) atoms. The summed E-state index contributed by atoms with van der Waals surface area (Å²) in [6.07, 6.45) is 4.10. The molecular formula is C17H25ClN4O3. The molecule has 2 aliphatic heterocycles. The van der Waals surface area contributed by atoms with E-state index in [1.165, 1.54) is 6.07 Å². The van der Waals surface area contributed by atoms with Gasteiger partial charge in [0.05, 0.1) is 4.92 Å². The van der Waals surface area contributed by atoms with Gasteiger partial charge in [-0.25, -0.2) is 0 Å². The first-order chi connectivity index (χ1) is 11.6. The highest BCUT2D eigenvalue weighted by Crippen LogP contribution is 2.32. The van der Waals surface area contributed by atoms with E-state index in [9.17, 15) is 14.9 Å². The number of rotatable bonds is 4. The van der Waals surface area contributed by atoms with E-state index in [0.717, 1.165) is 38.8 Å². The summed E-state index contributed by atoms with van der Waals surface area (Å²) in [7, 11) is 1.90. The Balaban J connectivity index is 0.00000225. The van der Waals surface area contributed by atoms with Gasteiger partial charge in [-0.2, -0.15) is 0 Å². The third-order valence-electron chi connectivity index (χ3n) is 4.98. The Kier molecular flexibility index (Phi) is 6.61. The molecule has 2 saturated heterocycles. The Morgan fingerprint density at radius 1 is 1.24 bits per heavy atom. The summed E-state index contributed by atoms with van der Waals surface area (Å²) < 4.78 is 0.